The molecule has 23 heavy (non-hydrogen) atoms. The molecule has 0 unspecified atom stereocenters. The molecule has 0 aliphatic carbocycles. The van der Waals surface area contributed by atoms with Crippen LogP contribution in [0.4, 0.5) is 5.82 Å². The zero-order valence-corrected chi connectivity index (χ0v) is 14.1. The maximum atomic E-state index is 12.4. The number of amides is 1. The predicted octanol–water partition coefficient (Wildman–Crippen LogP) is 1.55. The fourth-order valence-electron chi connectivity index (χ4n) is 2.85. The minimum Gasteiger partial charge on any atom is -0.350 e. The van der Waals surface area contributed by atoms with E-state index in [0.717, 1.165) is 30.5 Å². The molecule has 3 rings (SSSR count). The fourth-order valence-corrected chi connectivity index (χ4v) is 3.67. The van der Waals surface area contributed by atoms with Crippen LogP contribution in [-0.2, 0) is 7.05 Å². The number of thiophene rings is 1. The van der Waals surface area contributed by atoms with Gasteiger partial charge in [-0.1, -0.05) is 0 Å². The van der Waals surface area contributed by atoms with Crippen molar-refractivity contribution in [3.8, 4) is 0 Å². The lowest BCUT2D eigenvalue weighted by molar-refractivity contribution is 0.0933. The highest BCUT2D eigenvalue weighted by molar-refractivity contribution is 7.08. The topological polar surface area (TPSA) is 67.2 Å². The van der Waals surface area contributed by atoms with Gasteiger partial charge in [0.05, 0.1) is 5.56 Å². The molecule has 7 heteroatoms. The van der Waals surface area contributed by atoms with Crippen LogP contribution in [0.1, 0.15) is 28.8 Å². The lowest BCUT2D eigenvalue weighted by atomic mass is 10.0. The van der Waals surface area contributed by atoms with E-state index < -0.39 is 0 Å². The standard InChI is InChI=1S/C16H20N4O2S/c1-11-9-23-10-13(11)15(21)18-12-4-3-6-20(8-12)14-16(22)19(2)7-5-17-14/h5,7,9-10,12H,3-4,6,8H2,1-2H3,(H,18,21)/t12-/m1/s1. The molecule has 0 radical (unpaired) electrons. The van der Waals surface area contributed by atoms with Crippen molar-refractivity contribution in [2.45, 2.75) is 25.8 Å². The van der Waals surface area contributed by atoms with Crippen molar-refractivity contribution in [1.82, 2.24) is 14.9 Å². The fraction of sp³-hybridized carbons (Fsp3) is 0.438. The zero-order valence-electron chi connectivity index (χ0n) is 13.3. The first-order chi connectivity index (χ1) is 11.1. The first-order valence-electron chi connectivity index (χ1n) is 7.66. The van der Waals surface area contributed by atoms with Gasteiger partial charge in [0.2, 0.25) is 0 Å². The number of aryl methyl sites for hydroxylation is 2. The Balaban J connectivity index is 1.71. The van der Waals surface area contributed by atoms with Gasteiger partial charge < -0.3 is 14.8 Å². The number of piperidine rings is 1. The molecule has 3 heterocycles. The summed E-state index contributed by atoms with van der Waals surface area (Å²) >= 11 is 1.53. The summed E-state index contributed by atoms with van der Waals surface area (Å²) in [6.45, 7) is 3.34. The maximum absolute atomic E-state index is 12.4. The van der Waals surface area contributed by atoms with E-state index in [-0.39, 0.29) is 17.5 Å². The van der Waals surface area contributed by atoms with Crippen molar-refractivity contribution < 1.29 is 4.79 Å². The van der Waals surface area contributed by atoms with E-state index in [1.54, 1.807) is 19.4 Å². The number of carbonyl (C=O) groups is 1. The number of aromatic nitrogens is 2. The van der Waals surface area contributed by atoms with E-state index in [1.165, 1.54) is 15.9 Å². The van der Waals surface area contributed by atoms with E-state index in [4.69, 9.17) is 0 Å². The largest absolute Gasteiger partial charge is 0.350 e. The monoisotopic (exact) mass is 332 g/mol. The Labute approximate surface area is 138 Å². The lowest BCUT2D eigenvalue weighted by Crippen LogP contribution is -2.49. The van der Waals surface area contributed by atoms with Crippen LogP contribution in [0.2, 0.25) is 0 Å². The van der Waals surface area contributed by atoms with Crippen LogP contribution in [0.15, 0.2) is 27.9 Å². The molecular formula is C16H20N4O2S. The van der Waals surface area contributed by atoms with Gasteiger partial charge in [-0.05, 0) is 30.7 Å². The molecule has 0 spiro atoms. The normalized spacial score (nSPS) is 18.0. The van der Waals surface area contributed by atoms with Crippen LogP contribution in [-0.4, -0.2) is 34.6 Å². The second-order valence-electron chi connectivity index (χ2n) is 5.89. The summed E-state index contributed by atoms with van der Waals surface area (Å²) < 4.78 is 1.53. The third kappa shape index (κ3) is 3.29. The number of nitrogens with zero attached hydrogens (tertiary/aromatic N) is 3. The number of anilines is 1. The van der Waals surface area contributed by atoms with Gasteiger partial charge >= 0.3 is 0 Å². The van der Waals surface area contributed by atoms with Gasteiger partial charge in [0.25, 0.3) is 11.5 Å². The number of rotatable bonds is 3. The van der Waals surface area contributed by atoms with Crippen molar-refractivity contribution in [3.05, 3.63) is 44.6 Å². The highest BCUT2D eigenvalue weighted by Crippen LogP contribution is 2.17. The molecule has 1 saturated heterocycles. The zero-order chi connectivity index (χ0) is 16.4. The number of hydrogen-bond donors (Lipinski definition) is 1. The van der Waals surface area contributed by atoms with Crippen LogP contribution < -0.4 is 15.8 Å². The second-order valence-corrected chi connectivity index (χ2v) is 6.64. The van der Waals surface area contributed by atoms with Crippen LogP contribution in [0.3, 0.4) is 0 Å². The van der Waals surface area contributed by atoms with E-state index in [1.807, 2.05) is 22.6 Å². The maximum Gasteiger partial charge on any atom is 0.293 e. The Morgan fingerprint density at radius 2 is 2.26 bits per heavy atom. The summed E-state index contributed by atoms with van der Waals surface area (Å²) in [6.07, 6.45) is 5.12. The molecule has 0 saturated carbocycles. The Morgan fingerprint density at radius 1 is 1.43 bits per heavy atom. The van der Waals surface area contributed by atoms with Gasteiger partial charge in [0, 0.05) is 44.0 Å². The molecule has 6 nitrogen and oxygen atoms in total. The van der Waals surface area contributed by atoms with Crippen molar-refractivity contribution in [2.75, 3.05) is 18.0 Å². The van der Waals surface area contributed by atoms with Gasteiger partial charge in [-0.3, -0.25) is 9.59 Å². The van der Waals surface area contributed by atoms with Crippen LogP contribution in [0.25, 0.3) is 0 Å². The average Bonchev–Trinajstić information content (AvgIpc) is 2.96. The number of carbonyl (C=O) groups excluding carboxylic acids is 1. The summed E-state index contributed by atoms with van der Waals surface area (Å²) in [4.78, 5) is 30.7. The molecule has 2 aromatic rings. The van der Waals surface area contributed by atoms with Crippen LogP contribution in [0.5, 0.6) is 0 Å². The summed E-state index contributed by atoms with van der Waals surface area (Å²) in [5.41, 5.74) is 1.63. The Bertz CT molecular complexity index is 767. The van der Waals surface area contributed by atoms with Gasteiger partial charge in [-0.25, -0.2) is 4.98 Å². The van der Waals surface area contributed by atoms with Gasteiger partial charge in [0.15, 0.2) is 5.82 Å². The van der Waals surface area contributed by atoms with Crippen molar-refractivity contribution in [2.24, 2.45) is 7.05 Å². The van der Waals surface area contributed by atoms with Crippen molar-refractivity contribution in [3.63, 3.8) is 0 Å². The first kappa shape index (κ1) is 15.7. The minimum absolute atomic E-state index is 0.0299. The summed E-state index contributed by atoms with van der Waals surface area (Å²) in [5.74, 6) is 0.421. The van der Waals surface area contributed by atoms with Crippen molar-refractivity contribution >= 4 is 23.1 Å². The molecule has 1 N–H and O–H groups in total. The van der Waals surface area contributed by atoms with E-state index in [2.05, 4.69) is 10.3 Å². The quantitative estimate of drug-likeness (QED) is 0.926. The predicted molar refractivity (Wildman–Crippen MR) is 91.2 cm³/mol. The van der Waals surface area contributed by atoms with E-state index in [9.17, 15) is 9.59 Å². The summed E-state index contributed by atoms with van der Waals surface area (Å²) in [5, 5.41) is 6.93. The smallest absolute Gasteiger partial charge is 0.293 e. The molecule has 1 amide bonds. The number of nitrogens with one attached hydrogen (secondary N) is 1. The average molecular weight is 332 g/mol. The molecule has 1 aliphatic rings. The van der Waals surface area contributed by atoms with Crippen molar-refractivity contribution in [1.29, 1.82) is 0 Å². The van der Waals surface area contributed by atoms with Crippen LogP contribution >= 0.6 is 11.3 Å². The van der Waals surface area contributed by atoms with Gasteiger partial charge in [-0.2, -0.15) is 11.3 Å². The SMILES string of the molecule is Cc1cscc1C(=O)N[C@@H]1CCCN(c2nccn(C)c2=O)C1. The Hall–Kier alpha value is -2.15. The lowest BCUT2D eigenvalue weighted by Gasteiger charge is -2.33. The molecule has 2 aromatic heterocycles. The van der Waals surface area contributed by atoms with Gasteiger partial charge in [0.1, 0.15) is 0 Å². The summed E-state index contributed by atoms with van der Waals surface area (Å²) in [7, 11) is 1.72. The minimum atomic E-state index is -0.104. The van der Waals surface area contributed by atoms with E-state index in [0.29, 0.717) is 12.4 Å². The molecule has 1 fully saturated rings. The molecule has 1 atom stereocenters. The van der Waals surface area contributed by atoms with E-state index >= 15 is 0 Å². The first-order valence-corrected chi connectivity index (χ1v) is 8.61. The molecular weight excluding hydrogens is 312 g/mol. The molecule has 1 aliphatic heterocycles. The molecule has 0 bridgehead atoms. The van der Waals surface area contributed by atoms with Crippen LogP contribution in [0, 0.1) is 6.92 Å². The Kier molecular flexibility index (Phi) is 4.47. The Morgan fingerprint density at radius 3 is 3.00 bits per heavy atom. The molecule has 122 valence electrons. The third-order valence-electron chi connectivity index (χ3n) is 4.16. The van der Waals surface area contributed by atoms with Gasteiger partial charge in [-0.15, -0.1) is 0 Å². The third-order valence-corrected chi connectivity index (χ3v) is 5.02. The number of hydrogen-bond acceptors (Lipinski definition) is 5. The molecule has 0 aromatic carbocycles. The second kappa shape index (κ2) is 6.54. The highest BCUT2D eigenvalue weighted by Gasteiger charge is 2.25. The highest BCUT2D eigenvalue weighted by atomic mass is 32.1. The summed E-state index contributed by atoms with van der Waals surface area (Å²) in [6, 6.07) is 0.0299.